The van der Waals surface area contributed by atoms with Gasteiger partial charge in [0.25, 0.3) is 0 Å². The zero-order valence-electron chi connectivity index (χ0n) is 13.0. The Morgan fingerprint density at radius 1 is 1.38 bits per heavy atom. The maximum absolute atomic E-state index is 5.95. The summed E-state index contributed by atoms with van der Waals surface area (Å²) in [6.45, 7) is 7.33. The van der Waals surface area contributed by atoms with E-state index in [2.05, 4.69) is 29.0 Å². The van der Waals surface area contributed by atoms with Crippen molar-refractivity contribution in [3.05, 3.63) is 12.1 Å². The minimum Gasteiger partial charge on any atom is -0.476 e. The Kier molecular flexibility index (Phi) is 4.19. The molecular weight excluding hydrogens is 264 g/mol. The van der Waals surface area contributed by atoms with E-state index in [1.54, 1.807) is 0 Å². The average molecular weight is 290 g/mol. The molecule has 5 nitrogen and oxygen atoms in total. The molecular formula is C16H26N4O. The fourth-order valence-corrected chi connectivity index (χ4v) is 3.33. The van der Waals surface area contributed by atoms with Gasteiger partial charge in [0.05, 0.1) is 12.3 Å². The van der Waals surface area contributed by atoms with Crippen LogP contribution in [0.5, 0.6) is 5.88 Å². The van der Waals surface area contributed by atoms with Gasteiger partial charge in [0.15, 0.2) is 0 Å². The SMILES string of the molecule is CC(C)COc1nc(NC2CCN3CCCC23)ccc1N. The van der Waals surface area contributed by atoms with E-state index in [4.69, 9.17) is 10.5 Å². The van der Waals surface area contributed by atoms with Crippen LogP contribution >= 0.6 is 0 Å². The van der Waals surface area contributed by atoms with Crippen molar-refractivity contribution in [2.45, 2.75) is 45.2 Å². The lowest BCUT2D eigenvalue weighted by atomic mass is 10.1. The maximum atomic E-state index is 5.95. The van der Waals surface area contributed by atoms with Crippen molar-refractivity contribution in [2.75, 3.05) is 30.7 Å². The summed E-state index contributed by atoms with van der Waals surface area (Å²) in [7, 11) is 0. The van der Waals surface area contributed by atoms with Gasteiger partial charge in [-0.2, -0.15) is 4.98 Å². The predicted octanol–water partition coefficient (Wildman–Crippen LogP) is 2.35. The second-order valence-corrected chi connectivity index (χ2v) is 6.58. The smallest absolute Gasteiger partial charge is 0.239 e. The molecule has 0 aromatic carbocycles. The average Bonchev–Trinajstić information content (AvgIpc) is 3.04. The van der Waals surface area contributed by atoms with E-state index < -0.39 is 0 Å². The van der Waals surface area contributed by atoms with E-state index >= 15 is 0 Å². The molecule has 0 spiro atoms. The van der Waals surface area contributed by atoms with Crippen LogP contribution in [0.25, 0.3) is 0 Å². The highest BCUT2D eigenvalue weighted by molar-refractivity contribution is 5.54. The van der Waals surface area contributed by atoms with E-state index in [0.717, 1.165) is 5.82 Å². The molecule has 2 atom stereocenters. The van der Waals surface area contributed by atoms with Crippen LogP contribution < -0.4 is 15.8 Å². The normalized spacial score (nSPS) is 25.3. The summed E-state index contributed by atoms with van der Waals surface area (Å²) >= 11 is 0. The van der Waals surface area contributed by atoms with Crippen LogP contribution in [-0.4, -0.2) is 41.7 Å². The van der Waals surface area contributed by atoms with E-state index in [9.17, 15) is 0 Å². The first-order valence-electron chi connectivity index (χ1n) is 8.03. The molecule has 2 saturated heterocycles. The summed E-state index contributed by atoms with van der Waals surface area (Å²) in [4.78, 5) is 7.13. The van der Waals surface area contributed by atoms with Gasteiger partial charge in [0.1, 0.15) is 5.82 Å². The minimum atomic E-state index is 0.463. The Hall–Kier alpha value is -1.49. The van der Waals surface area contributed by atoms with Gasteiger partial charge in [-0.1, -0.05) is 13.8 Å². The van der Waals surface area contributed by atoms with E-state index in [0.29, 0.717) is 36.2 Å². The number of ether oxygens (including phenoxy) is 1. The molecule has 0 saturated carbocycles. The summed E-state index contributed by atoms with van der Waals surface area (Å²) in [6, 6.07) is 5.01. The predicted molar refractivity (Wildman–Crippen MR) is 85.6 cm³/mol. The van der Waals surface area contributed by atoms with Gasteiger partial charge in [-0.25, -0.2) is 0 Å². The Morgan fingerprint density at radius 2 is 2.24 bits per heavy atom. The first kappa shape index (κ1) is 14.4. The standard InChI is InChI=1S/C16H26N4O/c1-11(2)10-21-16-12(17)5-6-15(19-16)18-13-7-9-20-8-3-4-14(13)20/h5-6,11,13-14H,3-4,7-10,17H2,1-2H3,(H,18,19). The first-order valence-corrected chi connectivity index (χ1v) is 8.03. The summed E-state index contributed by atoms with van der Waals surface area (Å²) in [5, 5.41) is 3.58. The lowest BCUT2D eigenvalue weighted by Gasteiger charge is -2.22. The maximum Gasteiger partial charge on any atom is 0.239 e. The molecule has 2 unspecified atom stereocenters. The number of fused-ring (bicyclic) bond motifs is 1. The van der Waals surface area contributed by atoms with E-state index in [-0.39, 0.29) is 0 Å². The topological polar surface area (TPSA) is 63.4 Å². The van der Waals surface area contributed by atoms with Gasteiger partial charge in [-0.05, 0) is 43.9 Å². The Labute approximate surface area is 126 Å². The number of nitrogens with zero attached hydrogens (tertiary/aromatic N) is 2. The number of aromatic nitrogens is 1. The summed E-state index contributed by atoms with van der Waals surface area (Å²) in [5.74, 6) is 1.89. The molecule has 1 aromatic rings. The molecule has 21 heavy (non-hydrogen) atoms. The molecule has 0 amide bonds. The summed E-state index contributed by atoms with van der Waals surface area (Å²) in [6.07, 6.45) is 3.81. The van der Waals surface area contributed by atoms with Crippen molar-refractivity contribution >= 4 is 11.5 Å². The number of nitrogens with one attached hydrogen (secondary N) is 1. The molecule has 3 rings (SSSR count). The molecule has 2 fully saturated rings. The lowest BCUT2D eigenvalue weighted by molar-refractivity contribution is 0.263. The number of nitrogen functional groups attached to an aromatic ring is 1. The van der Waals surface area contributed by atoms with Crippen LogP contribution in [0.3, 0.4) is 0 Å². The number of anilines is 2. The number of hydrogen-bond donors (Lipinski definition) is 2. The van der Waals surface area contributed by atoms with Gasteiger partial charge < -0.3 is 15.8 Å². The largest absolute Gasteiger partial charge is 0.476 e. The molecule has 0 radical (unpaired) electrons. The fourth-order valence-electron chi connectivity index (χ4n) is 3.33. The van der Waals surface area contributed by atoms with Gasteiger partial charge in [-0.15, -0.1) is 0 Å². The molecule has 116 valence electrons. The number of hydrogen-bond acceptors (Lipinski definition) is 5. The van der Waals surface area contributed by atoms with Gasteiger partial charge in [0, 0.05) is 18.6 Å². The second kappa shape index (κ2) is 6.10. The Balaban J connectivity index is 1.66. The summed E-state index contributed by atoms with van der Waals surface area (Å²) < 4.78 is 5.70. The van der Waals surface area contributed by atoms with Crippen molar-refractivity contribution < 1.29 is 4.74 Å². The van der Waals surface area contributed by atoms with Crippen LogP contribution in [0.2, 0.25) is 0 Å². The molecule has 2 aliphatic heterocycles. The van der Waals surface area contributed by atoms with Crippen LogP contribution in [0.15, 0.2) is 12.1 Å². The molecule has 0 bridgehead atoms. The number of rotatable bonds is 5. The van der Waals surface area contributed by atoms with Gasteiger partial charge in [-0.3, -0.25) is 4.90 Å². The first-order chi connectivity index (χ1) is 10.1. The van der Waals surface area contributed by atoms with Crippen molar-refractivity contribution in [1.29, 1.82) is 0 Å². The van der Waals surface area contributed by atoms with Crippen molar-refractivity contribution in [2.24, 2.45) is 5.92 Å². The van der Waals surface area contributed by atoms with Gasteiger partial charge in [0.2, 0.25) is 5.88 Å². The Morgan fingerprint density at radius 3 is 3.05 bits per heavy atom. The van der Waals surface area contributed by atoms with Crippen molar-refractivity contribution in [1.82, 2.24) is 9.88 Å². The van der Waals surface area contributed by atoms with E-state index in [1.807, 2.05) is 12.1 Å². The Bertz CT molecular complexity index is 491. The number of pyridine rings is 1. The zero-order chi connectivity index (χ0) is 14.8. The molecule has 3 heterocycles. The highest BCUT2D eigenvalue weighted by Gasteiger charge is 2.37. The van der Waals surface area contributed by atoms with Crippen LogP contribution in [0.1, 0.15) is 33.1 Å². The fraction of sp³-hybridized carbons (Fsp3) is 0.688. The summed E-state index contributed by atoms with van der Waals surface area (Å²) in [5.41, 5.74) is 6.55. The van der Waals surface area contributed by atoms with Gasteiger partial charge >= 0.3 is 0 Å². The molecule has 0 aliphatic carbocycles. The third kappa shape index (κ3) is 3.23. The lowest BCUT2D eigenvalue weighted by Crippen LogP contribution is -2.34. The molecule has 3 N–H and O–H groups in total. The monoisotopic (exact) mass is 290 g/mol. The number of nitrogens with two attached hydrogens (primary N) is 1. The van der Waals surface area contributed by atoms with Crippen LogP contribution in [0.4, 0.5) is 11.5 Å². The van der Waals surface area contributed by atoms with Crippen molar-refractivity contribution in [3.63, 3.8) is 0 Å². The van der Waals surface area contributed by atoms with Crippen LogP contribution in [-0.2, 0) is 0 Å². The molecule has 2 aliphatic rings. The van der Waals surface area contributed by atoms with Crippen LogP contribution in [0, 0.1) is 5.92 Å². The highest BCUT2D eigenvalue weighted by Crippen LogP contribution is 2.30. The van der Waals surface area contributed by atoms with Crippen molar-refractivity contribution in [3.8, 4) is 5.88 Å². The minimum absolute atomic E-state index is 0.463. The third-order valence-corrected chi connectivity index (χ3v) is 4.38. The second-order valence-electron chi connectivity index (χ2n) is 6.58. The third-order valence-electron chi connectivity index (χ3n) is 4.38. The highest BCUT2D eigenvalue weighted by atomic mass is 16.5. The van der Waals surface area contributed by atoms with E-state index in [1.165, 1.54) is 32.4 Å². The quantitative estimate of drug-likeness (QED) is 0.871. The molecule has 1 aromatic heterocycles. The zero-order valence-corrected chi connectivity index (χ0v) is 13.0. The molecule has 5 heteroatoms.